The maximum absolute atomic E-state index is 12.7. The molecule has 3 rings (SSSR count). The second-order valence-electron chi connectivity index (χ2n) is 6.26. The maximum atomic E-state index is 12.7. The van der Waals surface area contributed by atoms with E-state index in [1.807, 2.05) is 42.3 Å². The number of hydrogen-bond donors (Lipinski definition) is 1. The molecule has 25 heavy (non-hydrogen) atoms. The highest BCUT2D eigenvalue weighted by molar-refractivity contribution is 7.91. The molecule has 0 bridgehead atoms. The molecule has 2 aromatic rings. The van der Waals surface area contributed by atoms with Gasteiger partial charge in [0.2, 0.25) is 0 Å². The Hall–Kier alpha value is -2.35. The van der Waals surface area contributed by atoms with Crippen LogP contribution in [0.1, 0.15) is 17.3 Å². The fourth-order valence-corrected chi connectivity index (χ4v) is 4.13. The minimum Gasteiger partial charge on any atom is -0.369 e. The Morgan fingerprint density at radius 2 is 1.96 bits per heavy atom. The van der Waals surface area contributed by atoms with Crippen LogP contribution < -0.4 is 10.2 Å². The van der Waals surface area contributed by atoms with Gasteiger partial charge in [0, 0.05) is 37.2 Å². The normalized spacial score (nSPS) is 17.9. The van der Waals surface area contributed by atoms with Gasteiger partial charge in [0.1, 0.15) is 0 Å². The molecule has 1 aliphatic rings. The van der Waals surface area contributed by atoms with Gasteiger partial charge in [-0.3, -0.25) is 9.48 Å². The molecule has 0 aliphatic carbocycles. The van der Waals surface area contributed by atoms with Crippen LogP contribution in [-0.2, 0) is 16.4 Å². The zero-order valence-corrected chi connectivity index (χ0v) is 14.9. The van der Waals surface area contributed by atoms with E-state index in [0.29, 0.717) is 25.2 Å². The fourth-order valence-electron chi connectivity index (χ4n) is 2.93. The first-order valence-electron chi connectivity index (χ1n) is 8.27. The summed E-state index contributed by atoms with van der Waals surface area (Å²) in [5.74, 6) is 0.0841. The minimum atomic E-state index is -2.96. The number of sulfone groups is 1. The first-order valence-corrected chi connectivity index (χ1v) is 10.1. The van der Waals surface area contributed by atoms with Crippen LogP contribution in [0.15, 0.2) is 42.7 Å². The standard InChI is InChI=1S/C17H22N4O3S/c1-14(13-21-8-4-7-18-21)19-17(22)15-5-2-3-6-16(15)20-9-11-25(23,24)12-10-20/h2-8,14H,9-13H2,1H3,(H,19,22)/t14-/m0/s1. The van der Waals surface area contributed by atoms with Crippen LogP contribution in [0, 0.1) is 0 Å². The van der Waals surface area contributed by atoms with Gasteiger partial charge in [0.15, 0.2) is 9.84 Å². The number of hydrogen-bond acceptors (Lipinski definition) is 5. The lowest BCUT2D eigenvalue weighted by molar-refractivity contribution is 0.0936. The van der Waals surface area contributed by atoms with Gasteiger partial charge < -0.3 is 10.2 Å². The Labute approximate surface area is 147 Å². The first-order chi connectivity index (χ1) is 11.9. The molecule has 0 unspecified atom stereocenters. The molecule has 7 nitrogen and oxygen atoms in total. The molecule has 1 atom stereocenters. The molecule has 0 saturated carbocycles. The summed E-state index contributed by atoms with van der Waals surface area (Å²) in [4.78, 5) is 14.7. The summed E-state index contributed by atoms with van der Waals surface area (Å²) < 4.78 is 25.0. The van der Waals surface area contributed by atoms with Crippen molar-refractivity contribution in [1.29, 1.82) is 0 Å². The SMILES string of the molecule is C[C@@H](Cn1cccn1)NC(=O)c1ccccc1N1CCS(=O)(=O)CC1. The number of nitrogens with zero attached hydrogens (tertiary/aromatic N) is 3. The van der Waals surface area contributed by atoms with Crippen LogP contribution in [0.3, 0.4) is 0 Å². The predicted molar refractivity (Wildman–Crippen MR) is 96.5 cm³/mol. The van der Waals surface area contributed by atoms with E-state index in [1.165, 1.54) is 0 Å². The highest BCUT2D eigenvalue weighted by atomic mass is 32.2. The molecule has 1 amide bonds. The van der Waals surface area contributed by atoms with Crippen molar-refractivity contribution in [2.75, 3.05) is 29.5 Å². The molecule has 0 spiro atoms. The number of para-hydroxylation sites is 1. The molecular weight excluding hydrogens is 340 g/mol. The van der Waals surface area contributed by atoms with Gasteiger partial charge in [-0.05, 0) is 25.1 Å². The van der Waals surface area contributed by atoms with E-state index >= 15 is 0 Å². The predicted octanol–water partition coefficient (Wildman–Crippen LogP) is 0.936. The van der Waals surface area contributed by atoms with Crippen LogP contribution >= 0.6 is 0 Å². The lowest BCUT2D eigenvalue weighted by Crippen LogP contribution is -2.42. The van der Waals surface area contributed by atoms with Gasteiger partial charge in [0.25, 0.3) is 5.91 Å². The Bertz CT molecular complexity index is 819. The van der Waals surface area contributed by atoms with Gasteiger partial charge >= 0.3 is 0 Å². The van der Waals surface area contributed by atoms with Crippen molar-refractivity contribution in [3.8, 4) is 0 Å². The number of carbonyl (C=O) groups is 1. The quantitative estimate of drug-likeness (QED) is 0.856. The van der Waals surface area contributed by atoms with Gasteiger partial charge in [-0.1, -0.05) is 12.1 Å². The summed E-state index contributed by atoms with van der Waals surface area (Å²) in [6.45, 7) is 3.34. The zero-order valence-electron chi connectivity index (χ0n) is 14.1. The number of aromatic nitrogens is 2. The summed E-state index contributed by atoms with van der Waals surface area (Å²) >= 11 is 0. The molecule has 1 aromatic carbocycles. The van der Waals surface area contributed by atoms with E-state index < -0.39 is 9.84 Å². The van der Waals surface area contributed by atoms with Crippen molar-refractivity contribution >= 4 is 21.4 Å². The van der Waals surface area contributed by atoms with E-state index in [-0.39, 0.29) is 23.5 Å². The molecule has 1 fully saturated rings. The zero-order chi connectivity index (χ0) is 17.9. The molecule has 134 valence electrons. The second kappa shape index (κ2) is 7.26. The van der Waals surface area contributed by atoms with Gasteiger partial charge in [-0.25, -0.2) is 8.42 Å². The van der Waals surface area contributed by atoms with E-state index in [9.17, 15) is 13.2 Å². The summed E-state index contributed by atoms with van der Waals surface area (Å²) in [5, 5.41) is 7.13. The van der Waals surface area contributed by atoms with Crippen LogP contribution in [0.25, 0.3) is 0 Å². The number of benzene rings is 1. The smallest absolute Gasteiger partial charge is 0.253 e. The summed E-state index contributed by atoms with van der Waals surface area (Å²) in [5.41, 5.74) is 1.34. The minimum absolute atomic E-state index is 0.0813. The third kappa shape index (κ3) is 4.39. The molecule has 1 aliphatic heterocycles. The third-order valence-corrected chi connectivity index (χ3v) is 5.84. The van der Waals surface area contributed by atoms with Crippen molar-refractivity contribution in [3.63, 3.8) is 0 Å². The Balaban J connectivity index is 1.70. The summed E-state index contributed by atoms with van der Waals surface area (Å²) in [6, 6.07) is 9.08. The highest BCUT2D eigenvalue weighted by Gasteiger charge is 2.25. The molecule has 2 heterocycles. The second-order valence-corrected chi connectivity index (χ2v) is 8.56. The lowest BCUT2D eigenvalue weighted by Gasteiger charge is -2.30. The first kappa shape index (κ1) is 17.5. The largest absolute Gasteiger partial charge is 0.369 e. The van der Waals surface area contributed by atoms with E-state index in [4.69, 9.17) is 0 Å². The molecule has 1 aromatic heterocycles. The average Bonchev–Trinajstić information content (AvgIpc) is 3.07. The monoisotopic (exact) mass is 362 g/mol. The molecule has 0 radical (unpaired) electrons. The van der Waals surface area contributed by atoms with E-state index in [0.717, 1.165) is 5.69 Å². The number of carbonyl (C=O) groups excluding carboxylic acids is 1. The van der Waals surface area contributed by atoms with Gasteiger partial charge in [-0.2, -0.15) is 5.10 Å². The number of nitrogens with one attached hydrogen (secondary N) is 1. The van der Waals surface area contributed by atoms with Crippen molar-refractivity contribution in [3.05, 3.63) is 48.3 Å². The van der Waals surface area contributed by atoms with Crippen molar-refractivity contribution in [1.82, 2.24) is 15.1 Å². The Morgan fingerprint density at radius 1 is 1.24 bits per heavy atom. The maximum Gasteiger partial charge on any atom is 0.253 e. The third-order valence-electron chi connectivity index (χ3n) is 4.23. The van der Waals surface area contributed by atoms with Crippen molar-refractivity contribution in [2.24, 2.45) is 0 Å². The van der Waals surface area contributed by atoms with Crippen molar-refractivity contribution in [2.45, 2.75) is 19.5 Å². The van der Waals surface area contributed by atoms with Crippen LogP contribution in [-0.4, -0.2) is 54.7 Å². The Morgan fingerprint density at radius 3 is 2.64 bits per heavy atom. The average molecular weight is 362 g/mol. The summed E-state index contributed by atoms with van der Waals surface area (Å²) in [7, 11) is -2.96. The highest BCUT2D eigenvalue weighted by Crippen LogP contribution is 2.22. The lowest BCUT2D eigenvalue weighted by atomic mass is 10.1. The van der Waals surface area contributed by atoms with Crippen LogP contribution in [0.5, 0.6) is 0 Å². The van der Waals surface area contributed by atoms with Crippen LogP contribution in [0.2, 0.25) is 0 Å². The number of amides is 1. The fraction of sp³-hybridized carbons (Fsp3) is 0.412. The molecular formula is C17H22N4O3S. The Kier molecular flexibility index (Phi) is 5.08. The number of rotatable bonds is 5. The van der Waals surface area contributed by atoms with Crippen LogP contribution in [0.4, 0.5) is 5.69 Å². The van der Waals surface area contributed by atoms with Crippen molar-refractivity contribution < 1.29 is 13.2 Å². The van der Waals surface area contributed by atoms with Gasteiger partial charge in [-0.15, -0.1) is 0 Å². The van der Waals surface area contributed by atoms with E-state index in [1.54, 1.807) is 16.9 Å². The molecule has 1 saturated heterocycles. The molecule has 8 heteroatoms. The van der Waals surface area contributed by atoms with Gasteiger partial charge in [0.05, 0.1) is 23.6 Å². The van der Waals surface area contributed by atoms with E-state index in [2.05, 4.69) is 10.4 Å². The molecule has 1 N–H and O–H groups in total. The topological polar surface area (TPSA) is 84.3 Å². The number of anilines is 1. The summed E-state index contributed by atoms with van der Waals surface area (Å²) in [6.07, 6.45) is 3.55.